The number of amides is 10. The standard InChI is InChI=1S/C51H88N14O13/c1-6-7-8-12-15-39(68)49(76)65-41(30(5)67)51(78)61-34(18-23-54)43(70)60-36-20-25-56-50(77)40(29(4)66)64-46(73)35(19-24-55)58-42(69)32(16-21-52)59-47(74)37(26-28(2)3)62-48(75)38(27-31-13-10-9-11-14-31)63-44(71)33(17-22-53)57-45(36)72/h9-11,13-14,28-30,32-41,66-68H,6-8,12,15-27,52-55H2,1-5H3,(H,56,77)(H,57,72)(H,58,69)(H,59,74)(H,60,70)(H,61,78)(H,62,75)(H,63,71)(H,64,73)(H,65,76)/t29?,30?,32-,33-,34-,35-,36-,37-,38+,39?,40?,41-/m0/s1. The van der Waals surface area contributed by atoms with Crippen LogP contribution in [0.2, 0.25) is 0 Å². The molecule has 0 aromatic heterocycles. The van der Waals surface area contributed by atoms with Crippen molar-refractivity contribution in [3.63, 3.8) is 0 Å². The van der Waals surface area contributed by atoms with Crippen molar-refractivity contribution in [2.45, 2.75) is 184 Å². The summed E-state index contributed by atoms with van der Waals surface area (Å²) in [6.07, 6.45) is -2.65. The third-order valence-corrected chi connectivity index (χ3v) is 12.7. The Morgan fingerprint density at radius 2 is 1.10 bits per heavy atom. The quantitative estimate of drug-likeness (QED) is 0.0407. The SMILES string of the molecule is CCCCCCC(O)C(=O)N[C@H](C(=O)N[C@@H](CCN)C(=O)N[C@H]1CCNC(=O)C(C(C)O)NC(=O)[C@H](CCN)NC(=O)[C@H](CCN)NC(=O)[C@H](CC(C)C)NC(=O)[C@@H](Cc2ccccc2)NC(=O)[C@H](CCN)NC1=O)C(C)O. The lowest BCUT2D eigenvalue weighted by atomic mass is 10.00. The molecule has 1 heterocycles. The Hall–Kier alpha value is -6.36. The zero-order chi connectivity index (χ0) is 58.5. The van der Waals surface area contributed by atoms with E-state index in [1.165, 1.54) is 13.8 Å². The average Bonchev–Trinajstić information content (AvgIpc) is 3.38. The van der Waals surface area contributed by atoms with Gasteiger partial charge in [-0.1, -0.05) is 76.8 Å². The van der Waals surface area contributed by atoms with Gasteiger partial charge in [-0.2, -0.15) is 0 Å². The fourth-order valence-electron chi connectivity index (χ4n) is 8.33. The zero-order valence-electron chi connectivity index (χ0n) is 45.6. The van der Waals surface area contributed by atoms with Crippen molar-refractivity contribution in [2.75, 3.05) is 32.7 Å². The van der Waals surface area contributed by atoms with Crippen LogP contribution >= 0.6 is 0 Å². The van der Waals surface area contributed by atoms with Gasteiger partial charge in [-0.05, 0) is 96.5 Å². The number of carbonyl (C=O) groups is 10. The van der Waals surface area contributed by atoms with Crippen LogP contribution in [-0.4, -0.2) is 180 Å². The van der Waals surface area contributed by atoms with Gasteiger partial charge in [-0.3, -0.25) is 47.9 Å². The number of aliphatic hydroxyl groups excluding tert-OH is 3. The van der Waals surface area contributed by atoms with E-state index < -0.39 is 145 Å². The molecule has 10 amide bonds. The van der Waals surface area contributed by atoms with Gasteiger partial charge in [0, 0.05) is 13.0 Å². The van der Waals surface area contributed by atoms with Gasteiger partial charge in [0.2, 0.25) is 59.1 Å². The Bertz CT molecular complexity index is 2100. The highest BCUT2D eigenvalue weighted by atomic mass is 16.3. The molecule has 0 bridgehead atoms. The summed E-state index contributed by atoms with van der Waals surface area (Å²) in [7, 11) is 0. The van der Waals surface area contributed by atoms with Gasteiger partial charge in [0.1, 0.15) is 60.5 Å². The summed E-state index contributed by atoms with van der Waals surface area (Å²) in [5.41, 5.74) is 24.0. The number of unbranched alkanes of at least 4 members (excludes halogenated alkanes) is 3. The minimum Gasteiger partial charge on any atom is -0.391 e. The van der Waals surface area contributed by atoms with Crippen LogP contribution in [0.25, 0.3) is 0 Å². The second kappa shape index (κ2) is 35.9. The molecule has 1 aromatic rings. The highest BCUT2D eigenvalue weighted by Crippen LogP contribution is 2.12. The first-order valence-corrected chi connectivity index (χ1v) is 26.9. The molecule has 0 saturated carbocycles. The highest BCUT2D eigenvalue weighted by Gasteiger charge is 2.37. The maximum atomic E-state index is 14.4. The Kier molecular flexibility index (Phi) is 31.2. The molecule has 21 N–H and O–H groups in total. The van der Waals surface area contributed by atoms with Gasteiger partial charge in [0.25, 0.3) is 0 Å². The molecule has 440 valence electrons. The molecule has 12 atom stereocenters. The van der Waals surface area contributed by atoms with E-state index in [1.54, 1.807) is 44.2 Å². The largest absolute Gasteiger partial charge is 0.391 e. The number of aliphatic hydroxyl groups is 3. The first-order valence-electron chi connectivity index (χ1n) is 26.9. The third kappa shape index (κ3) is 23.7. The van der Waals surface area contributed by atoms with Crippen LogP contribution in [0.3, 0.4) is 0 Å². The van der Waals surface area contributed by atoms with E-state index in [9.17, 15) is 63.3 Å². The van der Waals surface area contributed by atoms with Crippen LogP contribution < -0.4 is 76.1 Å². The van der Waals surface area contributed by atoms with Crippen molar-refractivity contribution in [2.24, 2.45) is 28.9 Å². The van der Waals surface area contributed by atoms with Crippen molar-refractivity contribution < 1.29 is 63.3 Å². The molecule has 0 aliphatic carbocycles. The fourth-order valence-corrected chi connectivity index (χ4v) is 8.33. The lowest BCUT2D eigenvalue weighted by Crippen LogP contribution is -2.61. The van der Waals surface area contributed by atoms with E-state index in [0.29, 0.717) is 12.0 Å². The van der Waals surface area contributed by atoms with Crippen molar-refractivity contribution in [1.82, 2.24) is 53.2 Å². The summed E-state index contributed by atoms with van der Waals surface area (Å²) in [6, 6.07) is -4.85. The van der Waals surface area contributed by atoms with E-state index in [0.717, 1.165) is 19.3 Å². The van der Waals surface area contributed by atoms with Crippen LogP contribution in [0.5, 0.6) is 0 Å². The molecule has 27 nitrogen and oxygen atoms in total. The van der Waals surface area contributed by atoms with Crippen LogP contribution in [0.4, 0.5) is 0 Å². The number of benzene rings is 1. The van der Waals surface area contributed by atoms with Crippen molar-refractivity contribution in [3.05, 3.63) is 35.9 Å². The van der Waals surface area contributed by atoms with E-state index in [4.69, 9.17) is 22.9 Å². The summed E-state index contributed by atoms with van der Waals surface area (Å²) in [4.78, 5) is 139. The average molecular weight is 1110 g/mol. The molecule has 4 unspecified atom stereocenters. The predicted octanol–water partition coefficient (Wildman–Crippen LogP) is -5.35. The molecular weight excluding hydrogens is 1020 g/mol. The van der Waals surface area contributed by atoms with Crippen molar-refractivity contribution in [3.8, 4) is 0 Å². The molecule has 1 aliphatic rings. The third-order valence-electron chi connectivity index (χ3n) is 12.7. The molecule has 1 saturated heterocycles. The van der Waals surface area contributed by atoms with Gasteiger partial charge in [0.05, 0.1) is 12.2 Å². The smallest absolute Gasteiger partial charge is 0.249 e. The Balaban J connectivity index is 2.71. The second-order valence-corrected chi connectivity index (χ2v) is 20.0. The molecule has 0 spiro atoms. The van der Waals surface area contributed by atoms with E-state index in [1.807, 2.05) is 6.92 Å². The maximum absolute atomic E-state index is 14.4. The Morgan fingerprint density at radius 1 is 0.590 bits per heavy atom. The normalized spacial score (nSPS) is 23.6. The number of rotatable bonds is 25. The lowest BCUT2D eigenvalue weighted by Gasteiger charge is -2.28. The molecular formula is C51H88N14O13. The molecule has 1 fully saturated rings. The molecule has 27 heteroatoms. The fraction of sp³-hybridized carbons (Fsp3) is 0.686. The van der Waals surface area contributed by atoms with Crippen LogP contribution in [0.15, 0.2) is 30.3 Å². The van der Waals surface area contributed by atoms with Crippen molar-refractivity contribution in [1.29, 1.82) is 0 Å². The summed E-state index contributed by atoms with van der Waals surface area (Å²) in [5.74, 6) is -9.51. The minimum absolute atomic E-state index is 0.0530. The van der Waals surface area contributed by atoms with Crippen LogP contribution in [0, 0.1) is 5.92 Å². The Morgan fingerprint density at radius 3 is 1.62 bits per heavy atom. The highest BCUT2D eigenvalue weighted by molar-refractivity contribution is 5.99. The monoisotopic (exact) mass is 1100 g/mol. The first-order chi connectivity index (χ1) is 37.0. The van der Waals surface area contributed by atoms with Crippen LogP contribution in [0.1, 0.15) is 111 Å². The number of hydrogen-bond donors (Lipinski definition) is 17. The second-order valence-electron chi connectivity index (χ2n) is 20.0. The molecule has 1 aliphatic heterocycles. The number of nitrogens with one attached hydrogen (secondary N) is 10. The molecule has 2 rings (SSSR count). The number of hydrogen-bond acceptors (Lipinski definition) is 17. The predicted molar refractivity (Wildman–Crippen MR) is 287 cm³/mol. The molecule has 1 aromatic carbocycles. The summed E-state index contributed by atoms with van der Waals surface area (Å²) in [5, 5.41) is 57.0. The van der Waals surface area contributed by atoms with E-state index in [2.05, 4.69) is 53.2 Å². The van der Waals surface area contributed by atoms with E-state index in [-0.39, 0.29) is 77.0 Å². The Labute approximate surface area is 456 Å². The van der Waals surface area contributed by atoms with Gasteiger partial charge < -0.3 is 91.4 Å². The summed E-state index contributed by atoms with van der Waals surface area (Å²) >= 11 is 0. The maximum Gasteiger partial charge on any atom is 0.249 e. The zero-order valence-corrected chi connectivity index (χ0v) is 45.6. The van der Waals surface area contributed by atoms with Gasteiger partial charge in [-0.25, -0.2) is 0 Å². The van der Waals surface area contributed by atoms with Gasteiger partial charge >= 0.3 is 0 Å². The van der Waals surface area contributed by atoms with E-state index >= 15 is 0 Å². The summed E-state index contributed by atoms with van der Waals surface area (Å²) in [6.45, 7) is 6.90. The molecule has 78 heavy (non-hydrogen) atoms. The molecule has 0 radical (unpaired) electrons. The lowest BCUT2D eigenvalue weighted by molar-refractivity contribution is -0.138. The van der Waals surface area contributed by atoms with Crippen LogP contribution in [-0.2, 0) is 54.4 Å². The topological polar surface area (TPSA) is 456 Å². The first kappa shape index (κ1) is 67.7. The van der Waals surface area contributed by atoms with Gasteiger partial charge in [0.15, 0.2) is 0 Å². The summed E-state index contributed by atoms with van der Waals surface area (Å²) < 4.78 is 0. The number of nitrogens with two attached hydrogens (primary N) is 4. The van der Waals surface area contributed by atoms with Gasteiger partial charge in [-0.15, -0.1) is 0 Å². The van der Waals surface area contributed by atoms with Crippen molar-refractivity contribution >= 4 is 59.1 Å². The number of carbonyl (C=O) groups excluding carboxylic acids is 10. The minimum atomic E-state index is -1.67.